The summed E-state index contributed by atoms with van der Waals surface area (Å²) in [6.07, 6.45) is 1.17. The van der Waals surface area contributed by atoms with Gasteiger partial charge < -0.3 is 34.6 Å². The second-order valence-corrected chi connectivity index (χ2v) is 9.26. The predicted octanol–water partition coefficient (Wildman–Crippen LogP) is 0.419. The quantitative estimate of drug-likeness (QED) is 0.501. The van der Waals surface area contributed by atoms with Gasteiger partial charge in [-0.2, -0.15) is 0 Å². The number of ether oxygens (including phenoxy) is 2. The summed E-state index contributed by atoms with van der Waals surface area (Å²) in [6, 6.07) is 7.42. The first kappa shape index (κ1) is 24.2. The van der Waals surface area contributed by atoms with Crippen molar-refractivity contribution in [2.24, 2.45) is 5.41 Å². The Morgan fingerprint density at radius 2 is 1.91 bits per heavy atom. The third kappa shape index (κ3) is 4.53. The largest absolute Gasteiger partial charge is 0.493 e. The first-order valence-electron chi connectivity index (χ1n) is 11.4. The van der Waals surface area contributed by atoms with Crippen LogP contribution in [0.25, 0.3) is 0 Å². The molecule has 1 aromatic heterocycles. The predicted molar refractivity (Wildman–Crippen MR) is 124 cm³/mol. The first-order valence-corrected chi connectivity index (χ1v) is 11.4. The molecule has 10 heteroatoms. The van der Waals surface area contributed by atoms with Gasteiger partial charge in [-0.25, -0.2) is 9.97 Å². The number of nitrogens with zero attached hydrogens (tertiary/aromatic N) is 4. The minimum Gasteiger partial charge on any atom is -0.493 e. The van der Waals surface area contributed by atoms with Crippen molar-refractivity contribution in [3.63, 3.8) is 0 Å². The molecule has 4 atom stereocenters. The van der Waals surface area contributed by atoms with E-state index in [-0.39, 0.29) is 18.6 Å². The van der Waals surface area contributed by atoms with Crippen LogP contribution < -0.4 is 14.4 Å². The van der Waals surface area contributed by atoms with Crippen LogP contribution >= 0.6 is 0 Å². The van der Waals surface area contributed by atoms with Gasteiger partial charge in [-0.3, -0.25) is 4.79 Å². The maximum Gasteiger partial charge on any atom is 0.253 e. The fourth-order valence-electron chi connectivity index (χ4n) is 4.69. The summed E-state index contributed by atoms with van der Waals surface area (Å²) in [7, 11) is 1.58. The topological polar surface area (TPSA) is 128 Å². The van der Waals surface area contributed by atoms with Gasteiger partial charge in [0.15, 0.2) is 17.6 Å². The third-order valence-electron chi connectivity index (χ3n) is 7.02. The molecule has 3 N–H and O–H groups in total. The van der Waals surface area contributed by atoms with Crippen LogP contribution in [0.3, 0.4) is 0 Å². The van der Waals surface area contributed by atoms with E-state index in [2.05, 4.69) is 9.97 Å². The Morgan fingerprint density at radius 1 is 1.21 bits per heavy atom. The molecular formula is C24H32N4O6. The molecule has 0 aliphatic carbocycles. The van der Waals surface area contributed by atoms with Crippen LogP contribution in [0.2, 0.25) is 0 Å². The van der Waals surface area contributed by atoms with Crippen LogP contribution in [0.5, 0.6) is 11.5 Å². The Kier molecular flexibility index (Phi) is 6.92. The molecule has 2 aromatic rings. The highest BCUT2D eigenvalue weighted by Gasteiger charge is 2.49. The lowest BCUT2D eigenvalue weighted by molar-refractivity contribution is -0.141. The highest BCUT2D eigenvalue weighted by atomic mass is 16.5. The SMILES string of the molecule is COc1ccc([C@@H]2CN(C(=O)[C@@H](O)CO)C[C@@]2(C)[C@@H](C)O)cc1OC1CN(c2ncccn2)C1. The van der Waals surface area contributed by atoms with Crippen LogP contribution in [0.4, 0.5) is 5.95 Å². The maximum atomic E-state index is 12.5. The smallest absolute Gasteiger partial charge is 0.253 e. The molecule has 0 spiro atoms. The lowest BCUT2D eigenvalue weighted by Gasteiger charge is -2.39. The van der Waals surface area contributed by atoms with E-state index in [1.807, 2.05) is 30.0 Å². The summed E-state index contributed by atoms with van der Waals surface area (Å²) in [5.74, 6) is 1.10. The van der Waals surface area contributed by atoms with Crippen LogP contribution in [-0.4, -0.2) is 94.3 Å². The molecule has 2 fully saturated rings. The van der Waals surface area contributed by atoms with Crippen molar-refractivity contribution in [2.75, 3.05) is 44.8 Å². The summed E-state index contributed by atoms with van der Waals surface area (Å²) in [5, 5.41) is 29.7. The van der Waals surface area contributed by atoms with Gasteiger partial charge in [0.05, 0.1) is 32.9 Å². The molecule has 184 valence electrons. The van der Waals surface area contributed by atoms with Gasteiger partial charge in [0.25, 0.3) is 5.91 Å². The van der Waals surface area contributed by atoms with E-state index in [0.29, 0.717) is 37.1 Å². The minimum atomic E-state index is -1.47. The second kappa shape index (κ2) is 9.73. The molecule has 2 aliphatic heterocycles. The molecule has 2 aliphatic rings. The van der Waals surface area contributed by atoms with Gasteiger partial charge in [0.2, 0.25) is 5.95 Å². The normalized spacial score (nSPS) is 24.5. The average molecular weight is 473 g/mol. The fraction of sp³-hybridized carbons (Fsp3) is 0.542. The Balaban J connectivity index is 1.53. The number of methoxy groups -OCH3 is 1. The Morgan fingerprint density at radius 3 is 2.53 bits per heavy atom. The summed E-state index contributed by atoms with van der Waals surface area (Å²) >= 11 is 0. The van der Waals surface area contributed by atoms with Crippen molar-refractivity contribution >= 4 is 11.9 Å². The minimum absolute atomic E-state index is 0.0579. The van der Waals surface area contributed by atoms with E-state index >= 15 is 0 Å². The molecule has 0 bridgehead atoms. The molecule has 34 heavy (non-hydrogen) atoms. The van der Waals surface area contributed by atoms with E-state index in [1.54, 1.807) is 32.5 Å². The number of rotatable bonds is 8. The molecular weight excluding hydrogens is 440 g/mol. The lowest BCUT2D eigenvalue weighted by Crippen LogP contribution is -2.54. The number of hydrogen-bond acceptors (Lipinski definition) is 9. The van der Waals surface area contributed by atoms with Crippen molar-refractivity contribution in [3.05, 3.63) is 42.2 Å². The van der Waals surface area contributed by atoms with Crippen molar-refractivity contribution in [2.45, 2.75) is 38.1 Å². The summed E-state index contributed by atoms with van der Waals surface area (Å²) in [4.78, 5) is 24.6. The summed E-state index contributed by atoms with van der Waals surface area (Å²) < 4.78 is 11.8. The highest BCUT2D eigenvalue weighted by molar-refractivity contribution is 5.81. The number of likely N-dealkylation sites (tertiary alicyclic amines) is 1. The molecule has 10 nitrogen and oxygen atoms in total. The number of amides is 1. The third-order valence-corrected chi connectivity index (χ3v) is 7.02. The van der Waals surface area contributed by atoms with Gasteiger partial charge in [-0.05, 0) is 30.7 Å². The first-order chi connectivity index (χ1) is 16.3. The molecule has 3 heterocycles. The van der Waals surface area contributed by atoms with Crippen molar-refractivity contribution in [1.29, 1.82) is 0 Å². The zero-order valence-corrected chi connectivity index (χ0v) is 19.7. The molecule has 0 saturated carbocycles. The van der Waals surface area contributed by atoms with Gasteiger partial charge >= 0.3 is 0 Å². The van der Waals surface area contributed by atoms with Gasteiger partial charge in [-0.15, -0.1) is 0 Å². The fourth-order valence-corrected chi connectivity index (χ4v) is 4.69. The number of carbonyl (C=O) groups is 1. The van der Waals surface area contributed by atoms with Crippen molar-refractivity contribution in [3.8, 4) is 11.5 Å². The van der Waals surface area contributed by atoms with Gasteiger partial charge in [0.1, 0.15) is 6.10 Å². The van der Waals surface area contributed by atoms with Crippen LogP contribution in [-0.2, 0) is 4.79 Å². The maximum absolute atomic E-state index is 12.5. The van der Waals surface area contributed by atoms with E-state index in [9.17, 15) is 20.1 Å². The zero-order chi connectivity index (χ0) is 24.5. The number of anilines is 1. The lowest BCUT2D eigenvalue weighted by atomic mass is 9.72. The van der Waals surface area contributed by atoms with Crippen LogP contribution in [0.15, 0.2) is 36.7 Å². The average Bonchev–Trinajstić information content (AvgIpc) is 3.19. The van der Waals surface area contributed by atoms with Crippen LogP contribution in [0.1, 0.15) is 25.3 Å². The molecule has 1 amide bonds. The highest BCUT2D eigenvalue weighted by Crippen LogP contribution is 2.47. The molecule has 0 radical (unpaired) electrons. The van der Waals surface area contributed by atoms with E-state index in [4.69, 9.17) is 9.47 Å². The molecule has 2 saturated heterocycles. The monoisotopic (exact) mass is 472 g/mol. The Bertz CT molecular complexity index is 1000. The number of benzene rings is 1. The number of aromatic nitrogens is 2. The van der Waals surface area contributed by atoms with Crippen molar-refractivity contribution < 1.29 is 29.6 Å². The van der Waals surface area contributed by atoms with Gasteiger partial charge in [0, 0.05) is 36.8 Å². The molecule has 4 rings (SSSR count). The van der Waals surface area contributed by atoms with E-state index < -0.39 is 30.1 Å². The van der Waals surface area contributed by atoms with E-state index in [1.165, 1.54) is 4.90 Å². The number of carbonyl (C=O) groups excluding carboxylic acids is 1. The molecule has 1 aromatic carbocycles. The second-order valence-electron chi connectivity index (χ2n) is 9.26. The number of aliphatic hydroxyl groups excluding tert-OH is 3. The summed E-state index contributed by atoms with van der Waals surface area (Å²) in [6.45, 7) is 4.86. The number of aliphatic hydroxyl groups is 3. The Labute approximate surface area is 198 Å². The zero-order valence-electron chi connectivity index (χ0n) is 19.7. The Hall–Kier alpha value is -2.95. The van der Waals surface area contributed by atoms with Crippen molar-refractivity contribution in [1.82, 2.24) is 14.9 Å². The standard InChI is InChI=1S/C24H32N4O6/c1-15(30)24(2)14-28(22(32)19(31)13-29)12-18(24)16-5-6-20(33-3)21(9-16)34-17-10-27(11-17)23-25-7-4-8-26-23/h4-9,15,17-19,29-31H,10-14H2,1-3H3/t15-,18+,19+,24+/m1/s1. The number of hydrogen-bond donors (Lipinski definition) is 3. The van der Waals surface area contributed by atoms with E-state index in [0.717, 1.165) is 5.56 Å². The van der Waals surface area contributed by atoms with Gasteiger partial charge in [-0.1, -0.05) is 13.0 Å². The summed E-state index contributed by atoms with van der Waals surface area (Å²) in [5.41, 5.74) is 0.254. The molecule has 0 unspecified atom stereocenters. The van der Waals surface area contributed by atoms with Crippen LogP contribution in [0, 0.1) is 5.41 Å².